The number of rotatable bonds is 3. The van der Waals surface area contributed by atoms with Crippen LogP contribution in [0.3, 0.4) is 0 Å². The largest absolute Gasteiger partial charge is 0.331 e. The molecule has 5 nitrogen and oxygen atoms in total. The Labute approximate surface area is 126 Å². The highest BCUT2D eigenvalue weighted by molar-refractivity contribution is 7.85. The van der Waals surface area contributed by atoms with Gasteiger partial charge in [0.2, 0.25) is 0 Å². The molecule has 0 aliphatic heterocycles. The highest BCUT2D eigenvalue weighted by Crippen LogP contribution is 2.20. The van der Waals surface area contributed by atoms with Gasteiger partial charge in [-0.25, -0.2) is 0 Å². The molecule has 0 atom stereocenters. The van der Waals surface area contributed by atoms with Crippen molar-refractivity contribution in [3.8, 4) is 0 Å². The van der Waals surface area contributed by atoms with E-state index in [-0.39, 0.29) is 4.90 Å². The van der Waals surface area contributed by atoms with Crippen molar-refractivity contribution in [1.29, 1.82) is 0 Å². The van der Waals surface area contributed by atoms with Crippen molar-refractivity contribution in [2.75, 3.05) is 0 Å². The summed E-state index contributed by atoms with van der Waals surface area (Å²) >= 11 is 5.28. The molecule has 1 heterocycles. The molecule has 0 aliphatic rings. The first-order valence-corrected chi connectivity index (χ1v) is 8.04. The first kappa shape index (κ1) is 14.0. The van der Waals surface area contributed by atoms with Crippen LogP contribution in [0.1, 0.15) is 5.56 Å². The van der Waals surface area contributed by atoms with Crippen LogP contribution in [0.4, 0.5) is 0 Å². The maximum atomic E-state index is 11.2. The summed E-state index contributed by atoms with van der Waals surface area (Å²) in [5.74, 6) is 0. The number of benzene rings is 2. The minimum Gasteiger partial charge on any atom is -0.331 e. The van der Waals surface area contributed by atoms with E-state index in [4.69, 9.17) is 16.8 Å². The summed E-state index contributed by atoms with van der Waals surface area (Å²) in [5, 5.41) is 0. The lowest BCUT2D eigenvalue weighted by atomic mass is 10.2. The SMILES string of the molecule is O=S(=O)(O)c1ccc2c(c1)[nH]c(=S)n2Cc1ccccc1. The molecule has 1 aromatic heterocycles. The molecule has 0 bridgehead atoms. The van der Waals surface area contributed by atoms with Crippen LogP contribution in [0.15, 0.2) is 53.4 Å². The fourth-order valence-corrected chi connectivity index (χ4v) is 3.01. The smallest absolute Gasteiger partial charge is 0.294 e. The summed E-state index contributed by atoms with van der Waals surface area (Å²) in [6, 6.07) is 14.2. The van der Waals surface area contributed by atoms with Crippen molar-refractivity contribution in [1.82, 2.24) is 9.55 Å². The second-order valence-corrected chi connectivity index (χ2v) is 6.46. The Morgan fingerprint density at radius 3 is 2.52 bits per heavy atom. The molecule has 0 saturated carbocycles. The number of hydrogen-bond acceptors (Lipinski definition) is 3. The van der Waals surface area contributed by atoms with Gasteiger partial charge in [0.1, 0.15) is 0 Å². The van der Waals surface area contributed by atoms with Gasteiger partial charge in [-0.3, -0.25) is 4.55 Å². The van der Waals surface area contributed by atoms with Crippen molar-refractivity contribution >= 4 is 33.4 Å². The van der Waals surface area contributed by atoms with Gasteiger partial charge in [-0.15, -0.1) is 0 Å². The number of hydrogen-bond donors (Lipinski definition) is 2. The Bertz CT molecular complexity index is 957. The average molecular weight is 320 g/mol. The van der Waals surface area contributed by atoms with Crippen LogP contribution in [-0.2, 0) is 16.7 Å². The van der Waals surface area contributed by atoms with Crippen LogP contribution < -0.4 is 0 Å². The zero-order valence-corrected chi connectivity index (χ0v) is 12.5. The van der Waals surface area contributed by atoms with Gasteiger partial charge >= 0.3 is 0 Å². The standard InChI is InChI=1S/C14H12N2O3S2/c17-21(18,19)11-6-7-13-12(8-11)15-14(20)16(13)9-10-4-2-1-3-5-10/h1-8H,9H2,(H,15,20)(H,17,18,19). The average Bonchev–Trinajstić information content (AvgIpc) is 2.75. The van der Waals surface area contributed by atoms with Crippen molar-refractivity contribution in [2.45, 2.75) is 11.4 Å². The highest BCUT2D eigenvalue weighted by Gasteiger charge is 2.12. The van der Waals surface area contributed by atoms with E-state index >= 15 is 0 Å². The lowest BCUT2D eigenvalue weighted by Gasteiger charge is -2.05. The van der Waals surface area contributed by atoms with Crippen LogP contribution in [0, 0.1) is 4.77 Å². The molecule has 0 amide bonds. The molecule has 0 fully saturated rings. The summed E-state index contributed by atoms with van der Waals surface area (Å²) in [6.45, 7) is 0.588. The molecule has 0 radical (unpaired) electrons. The maximum absolute atomic E-state index is 11.2. The molecule has 2 N–H and O–H groups in total. The van der Waals surface area contributed by atoms with Crippen LogP contribution in [0.5, 0.6) is 0 Å². The van der Waals surface area contributed by atoms with E-state index in [1.807, 2.05) is 34.9 Å². The molecule has 3 aromatic rings. The van der Waals surface area contributed by atoms with E-state index in [0.29, 0.717) is 16.8 Å². The van der Waals surface area contributed by atoms with E-state index in [0.717, 1.165) is 11.1 Å². The second kappa shape index (κ2) is 5.10. The highest BCUT2D eigenvalue weighted by atomic mass is 32.2. The number of nitrogens with zero attached hydrogens (tertiary/aromatic N) is 1. The summed E-state index contributed by atoms with van der Waals surface area (Å²) in [5.41, 5.74) is 2.45. The number of H-pyrrole nitrogens is 1. The predicted octanol–water partition coefficient (Wildman–Crippen LogP) is 2.99. The fourth-order valence-electron chi connectivity index (χ4n) is 2.23. The Morgan fingerprint density at radius 1 is 1.14 bits per heavy atom. The molecule has 0 unspecified atom stereocenters. The molecule has 0 aliphatic carbocycles. The number of aromatic amines is 1. The van der Waals surface area contributed by atoms with Crippen molar-refractivity contribution < 1.29 is 13.0 Å². The zero-order chi connectivity index (χ0) is 15.0. The topological polar surface area (TPSA) is 75.1 Å². The third kappa shape index (κ3) is 2.76. The third-order valence-electron chi connectivity index (χ3n) is 3.23. The summed E-state index contributed by atoms with van der Waals surface area (Å²) in [7, 11) is -4.22. The normalized spacial score (nSPS) is 11.9. The maximum Gasteiger partial charge on any atom is 0.294 e. The number of imidazole rings is 1. The van der Waals surface area contributed by atoms with Gasteiger partial charge in [0.05, 0.1) is 22.5 Å². The molecule has 3 rings (SSSR count). The minimum atomic E-state index is -4.22. The molecular weight excluding hydrogens is 308 g/mol. The van der Waals surface area contributed by atoms with Gasteiger partial charge in [-0.1, -0.05) is 30.3 Å². The Hall–Kier alpha value is -1.96. The van der Waals surface area contributed by atoms with Crippen molar-refractivity contribution in [3.05, 3.63) is 58.9 Å². The first-order chi connectivity index (χ1) is 9.95. The van der Waals surface area contributed by atoms with Gasteiger partial charge < -0.3 is 9.55 Å². The molecular formula is C14H12N2O3S2. The van der Waals surface area contributed by atoms with Gasteiger partial charge in [0.25, 0.3) is 10.1 Å². The summed E-state index contributed by atoms with van der Waals surface area (Å²) in [6.07, 6.45) is 0. The van der Waals surface area contributed by atoms with E-state index in [1.165, 1.54) is 12.1 Å². The van der Waals surface area contributed by atoms with E-state index in [1.54, 1.807) is 6.07 Å². The van der Waals surface area contributed by atoms with Gasteiger partial charge in [0, 0.05) is 0 Å². The third-order valence-corrected chi connectivity index (χ3v) is 4.40. The molecule has 0 saturated heterocycles. The number of nitrogens with one attached hydrogen (secondary N) is 1. The minimum absolute atomic E-state index is 0.155. The number of fused-ring (bicyclic) bond motifs is 1. The van der Waals surface area contributed by atoms with Crippen LogP contribution in [-0.4, -0.2) is 22.5 Å². The second-order valence-electron chi connectivity index (χ2n) is 4.66. The predicted molar refractivity (Wildman–Crippen MR) is 82.5 cm³/mol. The summed E-state index contributed by atoms with van der Waals surface area (Å²) in [4.78, 5) is 2.81. The van der Waals surface area contributed by atoms with E-state index < -0.39 is 10.1 Å². The fraction of sp³-hybridized carbons (Fsp3) is 0.0714. The lowest BCUT2D eigenvalue weighted by molar-refractivity contribution is 0.483. The van der Waals surface area contributed by atoms with E-state index in [2.05, 4.69) is 4.98 Å². The van der Waals surface area contributed by atoms with Crippen molar-refractivity contribution in [3.63, 3.8) is 0 Å². The monoisotopic (exact) mass is 320 g/mol. The van der Waals surface area contributed by atoms with Crippen LogP contribution in [0.2, 0.25) is 0 Å². The molecule has 7 heteroatoms. The molecule has 2 aromatic carbocycles. The van der Waals surface area contributed by atoms with Gasteiger partial charge in [-0.2, -0.15) is 8.42 Å². The van der Waals surface area contributed by atoms with Crippen LogP contribution >= 0.6 is 12.2 Å². The summed E-state index contributed by atoms with van der Waals surface area (Å²) < 4.78 is 33.8. The Morgan fingerprint density at radius 2 is 1.86 bits per heavy atom. The first-order valence-electron chi connectivity index (χ1n) is 6.19. The van der Waals surface area contributed by atoms with Gasteiger partial charge in [0.15, 0.2) is 4.77 Å². The molecule has 0 spiro atoms. The molecule has 21 heavy (non-hydrogen) atoms. The lowest BCUT2D eigenvalue weighted by Crippen LogP contribution is -2.00. The van der Waals surface area contributed by atoms with Crippen molar-refractivity contribution in [2.24, 2.45) is 0 Å². The van der Waals surface area contributed by atoms with Gasteiger partial charge in [-0.05, 0) is 36.0 Å². The molecule has 108 valence electrons. The Kier molecular flexibility index (Phi) is 3.40. The quantitative estimate of drug-likeness (QED) is 0.574. The number of aromatic nitrogens is 2. The zero-order valence-electron chi connectivity index (χ0n) is 10.9. The van der Waals surface area contributed by atoms with Crippen LogP contribution in [0.25, 0.3) is 11.0 Å². The van der Waals surface area contributed by atoms with E-state index in [9.17, 15) is 8.42 Å². The Balaban J connectivity index is 2.12.